The normalized spacial score (nSPS) is 19.1. The van der Waals surface area contributed by atoms with Gasteiger partial charge in [0.15, 0.2) is 0 Å². The lowest BCUT2D eigenvalue weighted by Crippen LogP contribution is -2.16. The molecule has 2 aliphatic carbocycles. The van der Waals surface area contributed by atoms with E-state index in [0.717, 1.165) is 12.8 Å². The predicted molar refractivity (Wildman–Crippen MR) is 68.5 cm³/mol. The summed E-state index contributed by atoms with van der Waals surface area (Å²) in [6.45, 7) is 3.92. The van der Waals surface area contributed by atoms with Crippen molar-refractivity contribution in [2.24, 2.45) is 5.92 Å². The first-order valence-electron chi connectivity index (χ1n) is 6.48. The molecule has 17 heavy (non-hydrogen) atoms. The van der Waals surface area contributed by atoms with Gasteiger partial charge in [-0.05, 0) is 38.5 Å². The predicted octanol–water partition coefficient (Wildman–Crippen LogP) is 3.55. The van der Waals surface area contributed by atoms with Gasteiger partial charge in [0, 0.05) is 12.0 Å². The minimum absolute atomic E-state index is 0.313. The Morgan fingerprint density at radius 2 is 1.88 bits per heavy atom. The average molecular weight is 232 g/mol. The van der Waals surface area contributed by atoms with Gasteiger partial charge < -0.3 is 4.74 Å². The summed E-state index contributed by atoms with van der Waals surface area (Å²) in [7, 11) is 0. The molecule has 0 bridgehead atoms. The van der Waals surface area contributed by atoms with E-state index in [0.29, 0.717) is 12.5 Å². The van der Waals surface area contributed by atoms with Crippen molar-refractivity contribution in [2.45, 2.75) is 38.5 Å². The summed E-state index contributed by atoms with van der Waals surface area (Å²) in [5.74, 6) is 0.0242. The summed E-state index contributed by atoms with van der Waals surface area (Å²) in [6, 6.07) is 0. The summed E-state index contributed by atoms with van der Waals surface area (Å²) < 4.78 is 5.24. The highest BCUT2D eigenvalue weighted by Gasteiger charge is 2.23. The van der Waals surface area contributed by atoms with Gasteiger partial charge in [-0.1, -0.05) is 29.9 Å². The molecule has 0 unspecified atom stereocenters. The van der Waals surface area contributed by atoms with Crippen molar-refractivity contribution in [3.63, 3.8) is 0 Å². The van der Waals surface area contributed by atoms with Crippen LogP contribution < -0.4 is 0 Å². The van der Waals surface area contributed by atoms with Gasteiger partial charge in [0.1, 0.15) is 6.61 Å². The SMILES string of the molecule is C=CC(=O)OCC(C1=CCCC1)C1=CCCC1. The second-order valence-corrected chi connectivity index (χ2v) is 4.73. The Hall–Kier alpha value is -1.31. The Morgan fingerprint density at radius 3 is 2.29 bits per heavy atom. The zero-order valence-corrected chi connectivity index (χ0v) is 10.3. The Kier molecular flexibility index (Phi) is 4.18. The molecular formula is C15H20O2. The van der Waals surface area contributed by atoms with Crippen molar-refractivity contribution < 1.29 is 9.53 Å². The summed E-state index contributed by atoms with van der Waals surface area (Å²) in [4.78, 5) is 11.2. The number of esters is 1. The first kappa shape index (κ1) is 12.2. The molecule has 0 amide bonds. The van der Waals surface area contributed by atoms with E-state index in [1.165, 1.54) is 42.9 Å². The number of hydrogen-bond acceptors (Lipinski definition) is 2. The number of rotatable bonds is 5. The Labute approximate surface area is 103 Å². The molecule has 2 rings (SSSR count). The number of allylic oxidation sites excluding steroid dienone is 2. The maximum atomic E-state index is 11.2. The van der Waals surface area contributed by atoms with E-state index in [9.17, 15) is 4.79 Å². The van der Waals surface area contributed by atoms with Crippen molar-refractivity contribution >= 4 is 5.97 Å². The van der Waals surface area contributed by atoms with Gasteiger partial charge in [-0.2, -0.15) is 0 Å². The van der Waals surface area contributed by atoms with Crippen LogP contribution >= 0.6 is 0 Å². The van der Waals surface area contributed by atoms with Crippen molar-refractivity contribution in [2.75, 3.05) is 6.61 Å². The molecule has 2 nitrogen and oxygen atoms in total. The third kappa shape index (κ3) is 3.09. The van der Waals surface area contributed by atoms with Gasteiger partial charge in [-0.3, -0.25) is 0 Å². The molecule has 0 fully saturated rings. The average Bonchev–Trinajstić information content (AvgIpc) is 3.01. The zero-order valence-electron chi connectivity index (χ0n) is 10.3. The van der Waals surface area contributed by atoms with Gasteiger partial charge in [0.05, 0.1) is 0 Å². The number of carbonyl (C=O) groups is 1. The standard InChI is InChI=1S/C15H20O2/c1-2-15(16)17-11-14(12-7-3-4-8-12)13-9-5-6-10-13/h2,7,9,14H,1,3-6,8,10-11H2. The minimum Gasteiger partial charge on any atom is -0.462 e. The fourth-order valence-electron chi connectivity index (χ4n) is 2.70. The molecule has 0 atom stereocenters. The van der Waals surface area contributed by atoms with E-state index >= 15 is 0 Å². The van der Waals surface area contributed by atoms with E-state index in [1.807, 2.05) is 0 Å². The molecule has 0 aromatic carbocycles. The maximum absolute atomic E-state index is 11.2. The van der Waals surface area contributed by atoms with Crippen LogP contribution in [0.5, 0.6) is 0 Å². The van der Waals surface area contributed by atoms with Crippen LogP contribution in [0.15, 0.2) is 36.0 Å². The van der Waals surface area contributed by atoms with Gasteiger partial charge in [0.2, 0.25) is 0 Å². The molecule has 0 saturated heterocycles. The second-order valence-electron chi connectivity index (χ2n) is 4.73. The smallest absolute Gasteiger partial charge is 0.330 e. The van der Waals surface area contributed by atoms with E-state index in [1.54, 1.807) is 0 Å². The summed E-state index contributed by atoms with van der Waals surface area (Å²) in [6.07, 6.45) is 13.0. The lowest BCUT2D eigenvalue weighted by atomic mass is 9.90. The molecule has 2 aliphatic rings. The lowest BCUT2D eigenvalue weighted by molar-refractivity contribution is -0.138. The highest BCUT2D eigenvalue weighted by Crippen LogP contribution is 2.35. The van der Waals surface area contributed by atoms with Crippen molar-refractivity contribution in [3.05, 3.63) is 36.0 Å². The topological polar surface area (TPSA) is 26.3 Å². The van der Waals surface area contributed by atoms with E-state index < -0.39 is 0 Å². The second kappa shape index (κ2) is 5.85. The molecule has 0 aliphatic heterocycles. The van der Waals surface area contributed by atoms with Gasteiger partial charge in [0.25, 0.3) is 0 Å². The molecule has 2 heteroatoms. The molecule has 92 valence electrons. The highest BCUT2D eigenvalue weighted by molar-refractivity contribution is 5.81. The third-order valence-corrected chi connectivity index (χ3v) is 3.61. The van der Waals surface area contributed by atoms with Gasteiger partial charge in [-0.15, -0.1) is 0 Å². The Bertz CT molecular complexity index is 339. The summed E-state index contributed by atoms with van der Waals surface area (Å²) in [5.41, 5.74) is 2.94. The van der Waals surface area contributed by atoms with Crippen molar-refractivity contribution in [3.8, 4) is 0 Å². The molecule has 0 heterocycles. The summed E-state index contributed by atoms with van der Waals surface area (Å²) >= 11 is 0. The van der Waals surface area contributed by atoms with Crippen LogP contribution in [0.25, 0.3) is 0 Å². The molecule has 0 spiro atoms. The van der Waals surface area contributed by atoms with E-state index in [4.69, 9.17) is 4.74 Å². The minimum atomic E-state index is -0.313. The largest absolute Gasteiger partial charge is 0.462 e. The quantitative estimate of drug-likeness (QED) is 0.411. The molecule has 0 aromatic rings. The first-order valence-corrected chi connectivity index (χ1v) is 6.48. The fourth-order valence-corrected chi connectivity index (χ4v) is 2.70. The lowest BCUT2D eigenvalue weighted by Gasteiger charge is -2.19. The van der Waals surface area contributed by atoms with Crippen LogP contribution in [0.4, 0.5) is 0 Å². The molecule has 0 saturated carbocycles. The van der Waals surface area contributed by atoms with E-state index in [-0.39, 0.29) is 5.97 Å². The molecule has 0 N–H and O–H groups in total. The molecular weight excluding hydrogens is 212 g/mol. The van der Waals surface area contributed by atoms with Gasteiger partial charge in [-0.25, -0.2) is 4.79 Å². The third-order valence-electron chi connectivity index (χ3n) is 3.61. The highest BCUT2D eigenvalue weighted by atomic mass is 16.5. The van der Waals surface area contributed by atoms with Crippen LogP contribution in [0, 0.1) is 5.92 Å². The Balaban J connectivity index is 2.01. The van der Waals surface area contributed by atoms with Crippen LogP contribution in [-0.2, 0) is 9.53 Å². The Morgan fingerprint density at radius 1 is 1.29 bits per heavy atom. The summed E-state index contributed by atoms with van der Waals surface area (Å²) in [5, 5.41) is 0. The van der Waals surface area contributed by atoms with Crippen molar-refractivity contribution in [1.82, 2.24) is 0 Å². The fraction of sp³-hybridized carbons (Fsp3) is 0.533. The first-order chi connectivity index (χ1) is 8.31. The van der Waals surface area contributed by atoms with Crippen LogP contribution in [0.3, 0.4) is 0 Å². The zero-order chi connectivity index (χ0) is 12.1. The number of hydrogen-bond donors (Lipinski definition) is 0. The number of ether oxygens (including phenoxy) is 1. The van der Waals surface area contributed by atoms with Crippen LogP contribution in [0.2, 0.25) is 0 Å². The van der Waals surface area contributed by atoms with E-state index in [2.05, 4.69) is 18.7 Å². The number of carbonyl (C=O) groups excluding carboxylic acids is 1. The monoisotopic (exact) mass is 232 g/mol. The van der Waals surface area contributed by atoms with Crippen molar-refractivity contribution in [1.29, 1.82) is 0 Å². The van der Waals surface area contributed by atoms with Crippen LogP contribution in [-0.4, -0.2) is 12.6 Å². The van der Waals surface area contributed by atoms with Gasteiger partial charge >= 0.3 is 5.97 Å². The maximum Gasteiger partial charge on any atom is 0.330 e. The van der Waals surface area contributed by atoms with Crippen LogP contribution in [0.1, 0.15) is 38.5 Å². The molecule has 0 radical (unpaired) electrons. The molecule has 0 aromatic heterocycles.